The first-order valence-electron chi connectivity index (χ1n) is 9.01. The molecule has 1 aromatic heterocycles. The highest BCUT2D eigenvalue weighted by Crippen LogP contribution is 2.17. The summed E-state index contributed by atoms with van der Waals surface area (Å²) in [4.78, 5) is 9.43. The molecule has 0 aromatic carbocycles. The Hall–Kier alpha value is -0.870. The van der Waals surface area contributed by atoms with Gasteiger partial charge in [0, 0.05) is 59.1 Å². The zero-order chi connectivity index (χ0) is 16.8. The summed E-state index contributed by atoms with van der Waals surface area (Å²) in [6, 6.07) is 0.642. The van der Waals surface area contributed by atoms with Crippen LogP contribution in [0.25, 0.3) is 0 Å². The number of halogens is 1. The normalized spacial score (nSPS) is 22.1. The quantitative estimate of drug-likeness (QED) is 0.306. The maximum absolute atomic E-state index is 5.46. The Labute approximate surface area is 167 Å². The lowest BCUT2D eigenvalue weighted by molar-refractivity contribution is 0.0195. The lowest BCUT2D eigenvalue weighted by Crippen LogP contribution is -2.46. The smallest absolute Gasteiger partial charge is 0.193 e. The number of guanidine groups is 1. The van der Waals surface area contributed by atoms with Crippen LogP contribution in [-0.2, 0) is 18.2 Å². The first-order chi connectivity index (χ1) is 11.8. The minimum atomic E-state index is 0. The summed E-state index contributed by atoms with van der Waals surface area (Å²) < 4.78 is 7.32. The Morgan fingerprint density at radius 2 is 2.16 bits per heavy atom. The highest BCUT2D eigenvalue weighted by Gasteiger charge is 2.30. The monoisotopic (exact) mass is 462 g/mol. The molecule has 1 unspecified atom stereocenters. The van der Waals surface area contributed by atoms with E-state index in [0.717, 1.165) is 64.7 Å². The average Bonchev–Trinajstić information content (AvgIpc) is 3.25. The third-order valence-corrected chi connectivity index (χ3v) is 4.92. The predicted octanol–water partition coefficient (Wildman–Crippen LogP) is 0.953. The summed E-state index contributed by atoms with van der Waals surface area (Å²) in [5, 5.41) is 7.73. The summed E-state index contributed by atoms with van der Waals surface area (Å²) >= 11 is 0. The van der Waals surface area contributed by atoms with Gasteiger partial charge in [-0.15, -0.1) is 24.0 Å². The van der Waals surface area contributed by atoms with Crippen molar-refractivity contribution in [2.45, 2.75) is 25.3 Å². The third-order valence-electron chi connectivity index (χ3n) is 4.92. The Balaban J connectivity index is 0.00000225. The van der Waals surface area contributed by atoms with Crippen LogP contribution in [0.1, 0.15) is 18.4 Å². The number of hydrogen-bond donors (Lipinski definition) is 1. The predicted molar refractivity (Wildman–Crippen MR) is 111 cm³/mol. The number of ether oxygens (including phenoxy) is 1. The summed E-state index contributed by atoms with van der Waals surface area (Å²) in [5.74, 6) is 1.04. The van der Waals surface area contributed by atoms with Crippen LogP contribution in [0.5, 0.6) is 0 Å². The molecule has 3 heterocycles. The zero-order valence-electron chi connectivity index (χ0n) is 15.4. The molecule has 3 rings (SSSR count). The third kappa shape index (κ3) is 5.82. The van der Waals surface area contributed by atoms with Gasteiger partial charge in [-0.2, -0.15) is 5.10 Å². The molecule has 1 aromatic rings. The van der Waals surface area contributed by atoms with Crippen molar-refractivity contribution in [2.75, 3.05) is 53.0 Å². The molecule has 7 nitrogen and oxygen atoms in total. The minimum Gasteiger partial charge on any atom is -0.379 e. The molecule has 2 aliphatic rings. The van der Waals surface area contributed by atoms with Gasteiger partial charge in [-0.3, -0.25) is 14.6 Å². The number of morpholine rings is 1. The Morgan fingerprint density at radius 3 is 2.84 bits per heavy atom. The number of nitrogens with zero attached hydrogens (tertiary/aromatic N) is 5. The molecule has 25 heavy (non-hydrogen) atoms. The van der Waals surface area contributed by atoms with Crippen molar-refractivity contribution in [3.63, 3.8) is 0 Å². The van der Waals surface area contributed by atoms with E-state index in [1.54, 1.807) is 0 Å². The van der Waals surface area contributed by atoms with Crippen molar-refractivity contribution in [3.05, 3.63) is 18.0 Å². The van der Waals surface area contributed by atoms with Crippen LogP contribution in [0.15, 0.2) is 17.4 Å². The molecule has 1 atom stereocenters. The lowest BCUT2D eigenvalue weighted by Gasteiger charge is -2.32. The van der Waals surface area contributed by atoms with Crippen LogP contribution in [0.2, 0.25) is 0 Å². The molecule has 0 amide bonds. The van der Waals surface area contributed by atoms with Gasteiger partial charge in [0.25, 0.3) is 0 Å². The van der Waals surface area contributed by atoms with Crippen molar-refractivity contribution < 1.29 is 4.74 Å². The maximum Gasteiger partial charge on any atom is 0.193 e. The van der Waals surface area contributed by atoms with Gasteiger partial charge in [-0.25, -0.2) is 0 Å². The first kappa shape index (κ1) is 20.4. The molecule has 0 spiro atoms. The van der Waals surface area contributed by atoms with Gasteiger partial charge in [-0.05, 0) is 24.8 Å². The second kappa shape index (κ2) is 10.3. The molecule has 0 radical (unpaired) electrons. The summed E-state index contributed by atoms with van der Waals surface area (Å²) in [6.07, 6.45) is 7.39. The van der Waals surface area contributed by atoms with Gasteiger partial charge in [0.05, 0.1) is 19.4 Å². The Kier molecular flexibility index (Phi) is 8.44. The van der Waals surface area contributed by atoms with E-state index in [-0.39, 0.29) is 24.0 Å². The molecule has 2 fully saturated rings. The van der Waals surface area contributed by atoms with E-state index in [9.17, 15) is 0 Å². The number of likely N-dealkylation sites (tertiary alicyclic amines) is 1. The van der Waals surface area contributed by atoms with Crippen molar-refractivity contribution in [1.82, 2.24) is 24.9 Å². The molecular weight excluding hydrogens is 431 g/mol. The fourth-order valence-corrected chi connectivity index (χ4v) is 3.60. The van der Waals surface area contributed by atoms with Crippen LogP contribution in [0.3, 0.4) is 0 Å². The highest BCUT2D eigenvalue weighted by molar-refractivity contribution is 14.0. The minimum absolute atomic E-state index is 0. The molecule has 1 N–H and O–H groups in total. The maximum atomic E-state index is 5.46. The van der Waals surface area contributed by atoms with Crippen molar-refractivity contribution in [2.24, 2.45) is 12.0 Å². The molecule has 2 saturated heterocycles. The van der Waals surface area contributed by atoms with Gasteiger partial charge in [0.2, 0.25) is 0 Å². The van der Waals surface area contributed by atoms with Crippen LogP contribution in [0, 0.1) is 0 Å². The molecule has 8 heteroatoms. The zero-order valence-corrected chi connectivity index (χ0v) is 17.7. The van der Waals surface area contributed by atoms with Gasteiger partial charge < -0.3 is 15.0 Å². The van der Waals surface area contributed by atoms with Gasteiger partial charge >= 0.3 is 0 Å². The molecular formula is C17H31IN6O. The number of aliphatic imine (C=N–C) groups is 1. The number of aryl methyl sites for hydroxylation is 2. The van der Waals surface area contributed by atoms with E-state index >= 15 is 0 Å². The SMILES string of the molecule is CN=C(NCCCc1cnn(C)c1)N1CCC(N2CCOCC2)C1.I. The van der Waals surface area contributed by atoms with E-state index in [1.165, 1.54) is 12.0 Å². The second-order valence-electron chi connectivity index (χ2n) is 6.64. The van der Waals surface area contributed by atoms with E-state index in [4.69, 9.17) is 4.74 Å². The van der Waals surface area contributed by atoms with E-state index < -0.39 is 0 Å². The highest BCUT2D eigenvalue weighted by atomic mass is 127. The van der Waals surface area contributed by atoms with Crippen LogP contribution in [-0.4, -0.2) is 84.6 Å². The van der Waals surface area contributed by atoms with Crippen LogP contribution in [0.4, 0.5) is 0 Å². The fourth-order valence-electron chi connectivity index (χ4n) is 3.60. The van der Waals surface area contributed by atoms with E-state index in [1.807, 2.05) is 25.0 Å². The van der Waals surface area contributed by atoms with Crippen LogP contribution < -0.4 is 5.32 Å². The summed E-state index contributed by atoms with van der Waals surface area (Å²) in [7, 11) is 3.84. The number of rotatable bonds is 5. The average molecular weight is 462 g/mol. The molecule has 0 bridgehead atoms. The van der Waals surface area contributed by atoms with Crippen molar-refractivity contribution >= 4 is 29.9 Å². The topological polar surface area (TPSA) is 57.9 Å². The lowest BCUT2D eigenvalue weighted by atomic mass is 10.2. The van der Waals surface area contributed by atoms with Gasteiger partial charge in [0.15, 0.2) is 5.96 Å². The molecule has 142 valence electrons. The Bertz CT molecular complexity index is 543. The van der Waals surface area contributed by atoms with E-state index in [0.29, 0.717) is 6.04 Å². The number of hydrogen-bond acceptors (Lipinski definition) is 4. The summed E-state index contributed by atoms with van der Waals surface area (Å²) in [5.41, 5.74) is 1.29. The second-order valence-corrected chi connectivity index (χ2v) is 6.64. The van der Waals surface area contributed by atoms with Gasteiger partial charge in [0.1, 0.15) is 0 Å². The fraction of sp³-hybridized carbons (Fsp3) is 0.765. The summed E-state index contributed by atoms with van der Waals surface area (Å²) in [6.45, 7) is 6.98. The largest absolute Gasteiger partial charge is 0.379 e. The number of aromatic nitrogens is 2. The molecule has 0 saturated carbocycles. The number of nitrogens with one attached hydrogen (secondary N) is 1. The Morgan fingerprint density at radius 1 is 1.36 bits per heavy atom. The molecule has 0 aliphatic carbocycles. The van der Waals surface area contributed by atoms with Crippen LogP contribution >= 0.6 is 24.0 Å². The van der Waals surface area contributed by atoms with Crippen molar-refractivity contribution in [1.29, 1.82) is 0 Å². The standard InChI is InChI=1S/C17H30N6O.HI/c1-18-17(19-6-3-4-15-12-20-21(2)13-15)23-7-5-16(14-23)22-8-10-24-11-9-22;/h12-13,16H,3-11,14H2,1-2H3,(H,18,19);1H. The van der Waals surface area contributed by atoms with Crippen molar-refractivity contribution in [3.8, 4) is 0 Å². The van der Waals surface area contributed by atoms with Gasteiger partial charge in [-0.1, -0.05) is 0 Å². The molecule has 2 aliphatic heterocycles. The first-order valence-corrected chi connectivity index (χ1v) is 9.01. The van der Waals surface area contributed by atoms with E-state index in [2.05, 4.69) is 31.4 Å².